The van der Waals surface area contributed by atoms with Crippen LogP contribution in [0.4, 0.5) is 0 Å². The summed E-state index contributed by atoms with van der Waals surface area (Å²) in [5.74, 6) is 0.591. The van der Waals surface area contributed by atoms with E-state index in [0.29, 0.717) is 24.3 Å². The summed E-state index contributed by atoms with van der Waals surface area (Å²) in [6.07, 6.45) is 12.0. The number of hydrogen-bond acceptors (Lipinski definition) is 4. The minimum Gasteiger partial charge on any atom is -0.480 e. The van der Waals surface area contributed by atoms with Crippen LogP contribution in [0.1, 0.15) is 78.6 Å². The second-order valence-electron chi connectivity index (χ2n) is 11.6. The van der Waals surface area contributed by atoms with Gasteiger partial charge in [0.15, 0.2) is 0 Å². The van der Waals surface area contributed by atoms with E-state index >= 15 is 0 Å². The molecule has 170 valence electrons. The van der Waals surface area contributed by atoms with Crippen LogP contribution in [0.3, 0.4) is 0 Å². The Labute approximate surface area is 181 Å². The van der Waals surface area contributed by atoms with Crippen LogP contribution in [-0.2, 0) is 4.79 Å². The first-order valence-electron chi connectivity index (χ1n) is 12.2. The second-order valence-corrected chi connectivity index (χ2v) is 11.6. The van der Waals surface area contributed by atoms with E-state index in [1.165, 1.54) is 0 Å². The number of carbonyl (C=O) groups is 1. The number of carboxylic acid groups (broad SMARTS) is 1. The number of hydrogen-bond donors (Lipinski definition) is 3. The van der Waals surface area contributed by atoms with Crippen molar-refractivity contribution in [2.24, 2.45) is 29.1 Å². The van der Waals surface area contributed by atoms with Gasteiger partial charge in [0, 0.05) is 18.0 Å². The van der Waals surface area contributed by atoms with Gasteiger partial charge < -0.3 is 15.3 Å². The van der Waals surface area contributed by atoms with E-state index in [1.807, 2.05) is 6.08 Å². The van der Waals surface area contributed by atoms with E-state index in [4.69, 9.17) is 0 Å². The van der Waals surface area contributed by atoms with Gasteiger partial charge in [-0.1, -0.05) is 32.9 Å². The highest BCUT2D eigenvalue weighted by atomic mass is 16.4. The molecule has 6 atom stereocenters. The maximum atomic E-state index is 13.0. The van der Waals surface area contributed by atoms with Crippen molar-refractivity contribution in [1.29, 1.82) is 0 Å². The maximum Gasteiger partial charge on any atom is 0.324 e. The number of carboxylic acids is 1. The highest BCUT2D eigenvalue weighted by Gasteiger charge is 2.63. The van der Waals surface area contributed by atoms with Crippen LogP contribution in [-0.4, -0.2) is 56.5 Å². The first kappa shape index (κ1) is 22.3. The highest BCUT2D eigenvalue weighted by molar-refractivity contribution is 5.80. The monoisotopic (exact) mass is 419 g/mol. The van der Waals surface area contributed by atoms with E-state index in [1.54, 1.807) is 6.08 Å². The van der Waals surface area contributed by atoms with E-state index in [2.05, 4.69) is 25.7 Å². The third-order valence-electron chi connectivity index (χ3n) is 9.23. The maximum absolute atomic E-state index is 13.0. The molecule has 0 bridgehead atoms. The van der Waals surface area contributed by atoms with E-state index in [9.17, 15) is 20.1 Å². The van der Waals surface area contributed by atoms with Crippen LogP contribution in [0.5, 0.6) is 0 Å². The molecule has 2 saturated heterocycles. The lowest BCUT2D eigenvalue weighted by atomic mass is 9.63. The Kier molecular flexibility index (Phi) is 6.10. The average molecular weight is 420 g/mol. The zero-order valence-electron chi connectivity index (χ0n) is 19.0. The second kappa shape index (κ2) is 8.22. The Hall–Kier alpha value is -0.910. The number of aliphatic hydroxyl groups excluding tert-OH is 2. The third-order valence-corrected chi connectivity index (χ3v) is 9.23. The number of piperidine rings is 1. The summed E-state index contributed by atoms with van der Waals surface area (Å²) in [4.78, 5) is 15.4. The molecule has 0 spiro atoms. The minimum atomic E-state index is -0.763. The molecule has 5 nitrogen and oxygen atoms in total. The van der Waals surface area contributed by atoms with Gasteiger partial charge in [0.1, 0.15) is 5.54 Å². The predicted molar refractivity (Wildman–Crippen MR) is 117 cm³/mol. The molecule has 4 aliphatic rings. The molecule has 0 amide bonds. The van der Waals surface area contributed by atoms with Gasteiger partial charge in [0.25, 0.3) is 0 Å². The lowest BCUT2D eigenvalue weighted by molar-refractivity contribution is -0.167. The van der Waals surface area contributed by atoms with Crippen molar-refractivity contribution in [1.82, 2.24) is 4.90 Å². The first-order chi connectivity index (χ1) is 14.2. The largest absolute Gasteiger partial charge is 0.480 e. The quantitative estimate of drug-likeness (QED) is 0.603. The molecule has 2 heterocycles. The molecule has 4 fully saturated rings. The predicted octanol–water partition coefficient (Wildman–Crippen LogP) is 3.83. The Morgan fingerprint density at radius 3 is 2.43 bits per heavy atom. The molecular formula is C25H41NO4. The highest BCUT2D eigenvalue weighted by Crippen LogP contribution is 2.56. The molecule has 0 radical (unpaired) electrons. The topological polar surface area (TPSA) is 81.0 Å². The van der Waals surface area contributed by atoms with Crippen molar-refractivity contribution in [3.05, 3.63) is 12.2 Å². The summed E-state index contributed by atoms with van der Waals surface area (Å²) in [6, 6.07) is 0.470. The molecule has 2 aliphatic heterocycles. The normalized spacial score (nSPS) is 44.9. The van der Waals surface area contributed by atoms with Crippen LogP contribution in [0.25, 0.3) is 0 Å². The Morgan fingerprint density at radius 1 is 1.13 bits per heavy atom. The lowest BCUT2D eigenvalue weighted by Gasteiger charge is -2.54. The Morgan fingerprint density at radius 2 is 1.83 bits per heavy atom. The average Bonchev–Trinajstić information content (AvgIpc) is 3.20. The van der Waals surface area contributed by atoms with Gasteiger partial charge >= 0.3 is 5.97 Å². The van der Waals surface area contributed by atoms with Gasteiger partial charge in [0.2, 0.25) is 0 Å². The number of fused-ring (bicyclic) bond motifs is 3. The zero-order valence-corrected chi connectivity index (χ0v) is 19.0. The van der Waals surface area contributed by atoms with Gasteiger partial charge in [-0.2, -0.15) is 0 Å². The van der Waals surface area contributed by atoms with Gasteiger partial charge in [-0.3, -0.25) is 9.69 Å². The number of rotatable bonds is 4. The van der Waals surface area contributed by atoms with Crippen LogP contribution in [0.2, 0.25) is 0 Å². The smallest absolute Gasteiger partial charge is 0.324 e. The molecule has 5 heteroatoms. The van der Waals surface area contributed by atoms with Crippen molar-refractivity contribution in [3.63, 3.8) is 0 Å². The summed E-state index contributed by atoms with van der Waals surface area (Å²) in [6.45, 7) is 6.93. The van der Waals surface area contributed by atoms with Gasteiger partial charge in [-0.05, 0) is 81.0 Å². The molecule has 0 aromatic rings. The fourth-order valence-electron chi connectivity index (χ4n) is 7.80. The molecule has 4 rings (SSSR count). The summed E-state index contributed by atoms with van der Waals surface area (Å²) in [5, 5.41) is 30.6. The zero-order chi connectivity index (χ0) is 21.7. The molecule has 30 heavy (non-hydrogen) atoms. The summed E-state index contributed by atoms with van der Waals surface area (Å²) in [5.41, 5.74) is -0.475. The van der Waals surface area contributed by atoms with Crippen molar-refractivity contribution >= 4 is 5.97 Å². The van der Waals surface area contributed by atoms with Crippen LogP contribution < -0.4 is 0 Å². The van der Waals surface area contributed by atoms with E-state index < -0.39 is 17.6 Å². The molecule has 0 aromatic heterocycles. The molecule has 3 N–H and O–H groups in total. The molecule has 0 aromatic carbocycles. The lowest BCUT2D eigenvalue weighted by Crippen LogP contribution is -2.65. The fraction of sp³-hybridized carbons (Fsp3) is 0.880. The van der Waals surface area contributed by atoms with Crippen molar-refractivity contribution < 1.29 is 20.1 Å². The van der Waals surface area contributed by atoms with E-state index in [0.717, 1.165) is 51.4 Å². The summed E-state index contributed by atoms with van der Waals surface area (Å²) in [7, 11) is 0. The number of nitrogens with zero attached hydrogens (tertiary/aromatic N) is 1. The molecule has 2 unspecified atom stereocenters. The minimum absolute atomic E-state index is 0.0101. The van der Waals surface area contributed by atoms with Crippen LogP contribution in [0, 0.1) is 29.1 Å². The van der Waals surface area contributed by atoms with Gasteiger partial charge in [-0.15, -0.1) is 0 Å². The van der Waals surface area contributed by atoms with Gasteiger partial charge in [-0.25, -0.2) is 0 Å². The van der Waals surface area contributed by atoms with Gasteiger partial charge in [0.05, 0.1) is 12.7 Å². The van der Waals surface area contributed by atoms with Crippen molar-refractivity contribution in [2.75, 3.05) is 6.61 Å². The fourth-order valence-corrected chi connectivity index (χ4v) is 7.80. The SMILES string of the molecule is CC(C)(C)C1CCC(C2(C(=O)O)CCCC3C[C@@H]4[C@@H](C=CCO)[C@H](O)C[C@H]4N32)CC1. The standard InChI is InChI=1S/C25H41NO4/c1-24(2,3)16-8-10-17(11-9-16)25(23(29)30)12-4-6-18-14-20-19(7-5-13-27)22(28)15-21(20)26(18)25/h5,7,16-22,27-28H,4,6,8-15H2,1-3H3,(H,29,30)/t16?,17?,18?,19-,20-,21-,22-,25?/m1/s1. The summed E-state index contributed by atoms with van der Waals surface area (Å²) < 4.78 is 0. The Bertz CT molecular complexity index is 663. The molecular weight excluding hydrogens is 378 g/mol. The van der Waals surface area contributed by atoms with Crippen molar-refractivity contribution in [3.8, 4) is 0 Å². The van der Waals surface area contributed by atoms with Crippen LogP contribution >= 0.6 is 0 Å². The first-order valence-corrected chi connectivity index (χ1v) is 12.2. The van der Waals surface area contributed by atoms with E-state index in [-0.39, 0.29) is 29.9 Å². The summed E-state index contributed by atoms with van der Waals surface area (Å²) >= 11 is 0. The van der Waals surface area contributed by atoms with Crippen LogP contribution in [0.15, 0.2) is 12.2 Å². The molecule has 2 aliphatic carbocycles. The number of aliphatic carboxylic acids is 1. The molecule has 2 saturated carbocycles. The Balaban J connectivity index is 1.61. The third kappa shape index (κ3) is 3.55. The number of aliphatic hydroxyl groups is 2. The van der Waals surface area contributed by atoms with Crippen molar-refractivity contribution in [2.45, 2.75) is 102 Å².